The highest BCUT2D eigenvalue weighted by Crippen LogP contribution is 2.31. The Morgan fingerprint density at radius 2 is 1.83 bits per heavy atom. The lowest BCUT2D eigenvalue weighted by molar-refractivity contribution is -0.121. The number of anilines is 1. The van der Waals surface area contributed by atoms with E-state index in [1.165, 1.54) is 35.9 Å². The van der Waals surface area contributed by atoms with Gasteiger partial charge in [0.05, 0.1) is 11.3 Å². The lowest BCUT2D eigenvalue weighted by atomic mass is 9.95. The fourth-order valence-electron chi connectivity index (χ4n) is 3.24. The molecule has 1 aromatic carbocycles. The maximum atomic E-state index is 13.5. The van der Waals surface area contributed by atoms with Crippen LogP contribution < -0.4 is 5.32 Å². The lowest BCUT2D eigenvalue weighted by Crippen LogP contribution is -2.39. The maximum absolute atomic E-state index is 13.5. The summed E-state index contributed by atoms with van der Waals surface area (Å²) in [4.78, 5) is 28.6. The minimum Gasteiger partial charge on any atom is -0.345 e. The molecule has 1 heterocycles. The fourth-order valence-corrected chi connectivity index (χ4v) is 3.24. The Bertz CT molecular complexity index is 635. The molecule has 0 unspecified atom stereocenters. The number of rotatable bonds is 4. The highest BCUT2D eigenvalue weighted by molar-refractivity contribution is 6.04. The van der Waals surface area contributed by atoms with Crippen LogP contribution in [-0.2, 0) is 4.79 Å². The van der Waals surface area contributed by atoms with Gasteiger partial charge in [0.2, 0.25) is 5.91 Å². The van der Waals surface area contributed by atoms with Gasteiger partial charge in [-0.15, -0.1) is 0 Å². The summed E-state index contributed by atoms with van der Waals surface area (Å²) < 4.78 is 13.5. The van der Waals surface area contributed by atoms with Crippen LogP contribution in [0.25, 0.3) is 0 Å². The molecule has 0 radical (unpaired) electrons. The predicted molar refractivity (Wildman–Crippen MR) is 90.4 cm³/mol. The molecule has 1 aliphatic heterocycles. The molecular weight excluding hydrogens is 309 g/mol. The van der Waals surface area contributed by atoms with Crippen LogP contribution in [0.5, 0.6) is 0 Å². The summed E-state index contributed by atoms with van der Waals surface area (Å²) in [6.45, 7) is 1.91. The van der Waals surface area contributed by atoms with Gasteiger partial charge < -0.3 is 15.1 Å². The molecule has 1 N–H and O–H groups in total. The Morgan fingerprint density at radius 1 is 1.17 bits per heavy atom. The molecule has 130 valence electrons. The van der Waals surface area contributed by atoms with Gasteiger partial charge in [-0.2, -0.15) is 0 Å². The molecule has 24 heavy (non-hydrogen) atoms. The van der Waals surface area contributed by atoms with E-state index in [-0.39, 0.29) is 23.3 Å². The van der Waals surface area contributed by atoms with Crippen LogP contribution >= 0.6 is 0 Å². The van der Waals surface area contributed by atoms with Crippen molar-refractivity contribution in [2.45, 2.75) is 31.7 Å². The molecule has 2 fully saturated rings. The molecule has 2 amide bonds. The summed E-state index contributed by atoms with van der Waals surface area (Å²) in [6, 6.07) is 4.63. The molecule has 2 aliphatic rings. The quantitative estimate of drug-likeness (QED) is 0.920. The van der Waals surface area contributed by atoms with Crippen LogP contribution in [0.2, 0.25) is 0 Å². The van der Waals surface area contributed by atoms with Crippen molar-refractivity contribution in [1.82, 2.24) is 9.80 Å². The number of carbonyl (C=O) groups is 2. The van der Waals surface area contributed by atoms with Gasteiger partial charge in [-0.1, -0.05) is 0 Å². The predicted octanol–water partition coefficient (Wildman–Crippen LogP) is 2.34. The second-order valence-electron chi connectivity index (χ2n) is 6.92. The lowest BCUT2D eigenvalue weighted by Gasteiger charge is -2.31. The van der Waals surface area contributed by atoms with Gasteiger partial charge in [0.15, 0.2) is 0 Å². The van der Waals surface area contributed by atoms with Crippen LogP contribution in [-0.4, -0.2) is 54.8 Å². The zero-order chi connectivity index (χ0) is 17.3. The second kappa shape index (κ2) is 6.89. The molecule has 0 bridgehead atoms. The van der Waals surface area contributed by atoms with Gasteiger partial charge in [0.1, 0.15) is 5.82 Å². The Labute approximate surface area is 141 Å². The number of piperidine rings is 1. The van der Waals surface area contributed by atoms with Gasteiger partial charge in [0.25, 0.3) is 5.91 Å². The van der Waals surface area contributed by atoms with Crippen molar-refractivity contribution >= 4 is 17.5 Å². The number of likely N-dealkylation sites (tertiary alicyclic amines) is 1. The first kappa shape index (κ1) is 16.9. The van der Waals surface area contributed by atoms with Gasteiger partial charge in [0, 0.05) is 26.1 Å². The topological polar surface area (TPSA) is 52.7 Å². The van der Waals surface area contributed by atoms with E-state index in [9.17, 15) is 14.0 Å². The van der Waals surface area contributed by atoms with Crippen LogP contribution in [0.3, 0.4) is 0 Å². The SMILES string of the molecule is CN(C)C(=O)c1cc(F)ccc1NC(=O)C1CCN(C2CC2)CC1. The third-order valence-corrected chi connectivity index (χ3v) is 4.84. The summed E-state index contributed by atoms with van der Waals surface area (Å²) in [5, 5.41) is 2.83. The van der Waals surface area contributed by atoms with Crippen LogP contribution in [0.15, 0.2) is 18.2 Å². The minimum absolute atomic E-state index is 0.0487. The van der Waals surface area contributed by atoms with E-state index in [0.717, 1.165) is 32.0 Å². The summed E-state index contributed by atoms with van der Waals surface area (Å²) >= 11 is 0. The standard InChI is InChI=1S/C18H24FN3O2/c1-21(2)18(24)15-11-13(19)3-6-16(15)20-17(23)12-7-9-22(10-8-12)14-4-5-14/h3,6,11-12,14H,4-5,7-10H2,1-2H3,(H,20,23). The third-order valence-electron chi connectivity index (χ3n) is 4.84. The fraction of sp³-hybridized carbons (Fsp3) is 0.556. The van der Waals surface area contributed by atoms with Crippen molar-refractivity contribution in [3.05, 3.63) is 29.6 Å². The van der Waals surface area contributed by atoms with E-state index >= 15 is 0 Å². The smallest absolute Gasteiger partial charge is 0.255 e. The first-order valence-electron chi connectivity index (χ1n) is 8.52. The van der Waals surface area contributed by atoms with Crippen molar-refractivity contribution in [1.29, 1.82) is 0 Å². The molecule has 1 aliphatic carbocycles. The molecule has 0 atom stereocenters. The summed E-state index contributed by atoms with van der Waals surface area (Å²) in [6.07, 6.45) is 4.23. The van der Waals surface area contributed by atoms with Crippen molar-refractivity contribution in [3.8, 4) is 0 Å². The number of halogens is 1. The number of nitrogens with one attached hydrogen (secondary N) is 1. The zero-order valence-corrected chi connectivity index (χ0v) is 14.2. The molecular formula is C18H24FN3O2. The van der Waals surface area contributed by atoms with Gasteiger partial charge in [-0.3, -0.25) is 9.59 Å². The van der Waals surface area contributed by atoms with E-state index in [1.54, 1.807) is 14.1 Å². The molecule has 6 heteroatoms. The maximum Gasteiger partial charge on any atom is 0.255 e. The highest BCUT2D eigenvalue weighted by atomic mass is 19.1. The highest BCUT2D eigenvalue weighted by Gasteiger charge is 2.33. The Balaban J connectivity index is 1.67. The largest absolute Gasteiger partial charge is 0.345 e. The number of benzene rings is 1. The Morgan fingerprint density at radius 3 is 2.42 bits per heavy atom. The summed E-state index contributed by atoms with van der Waals surface area (Å²) in [5.74, 6) is -0.943. The normalized spacial score (nSPS) is 19.1. The number of hydrogen-bond donors (Lipinski definition) is 1. The minimum atomic E-state index is -0.490. The molecule has 1 saturated carbocycles. The molecule has 5 nitrogen and oxygen atoms in total. The molecule has 0 spiro atoms. The van der Waals surface area contributed by atoms with E-state index in [2.05, 4.69) is 10.2 Å². The van der Waals surface area contributed by atoms with Gasteiger partial charge in [-0.05, 0) is 57.0 Å². The molecule has 0 aromatic heterocycles. The van der Waals surface area contributed by atoms with Crippen molar-refractivity contribution in [2.24, 2.45) is 5.92 Å². The first-order valence-corrected chi connectivity index (χ1v) is 8.52. The molecule has 1 aromatic rings. The number of amides is 2. The summed E-state index contributed by atoms with van der Waals surface area (Å²) in [7, 11) is 3.21. The van der Waals surface area contributed by atoms with Crippen LogP contribution in [0.4, 0.5) is 10.1 Å². The number of nitrogens with zero attached hydrogens (tertiary/aromatic N) is 2. The third kappa shape index (κ3) is 3.75. The van der Waals surface area contributed by atoms with E-state index < -0.39 is 5.82 Å². The molecule has 1 saturated heterocycles. The first-order chi connectivity index (χ1) is 11.5. The monoisotopic (exact) mass is 333 g/mol. The Hall–Kier alpha value is -1.95. The average molecular weight is 333 g/mol. The second-order valence-corrected chi connectivity index (χ2v) is 6.92. The van der Waals surface area contributed by atoms with E-state index in [4.69, 9.17) is 0 Å². The zero-order valence-electron chi connectivity index (χ0n) is 14.2. The summed E-state index contributed by atoms with van der Waals surface area (Å²) in [5.41, 5.74) is 0.563. The van der Waals surface area contributed by atoms with Crippen LogP contribution in [0.1, 0.15) is 36.0 Å². The number of carbonyl (C=O) groups excluding carboxylic acids is 2. The number of hydrogen-bond acceptors (Lipinski definition) is 3. The van der Waals surface area contributed by atoms with E-state index in [1.807, 2.05) is 0 Å². The molecule has 3 rings (SSSR count). The van der Waals surface area contributed by atoms with Crippen molar-refractivity contribution < 1.29 is 14.0 Å². The van der Waals surface area contributed by atoms with Crippen molar-refractivity contribution in [3.63, 3.8) is 0 Å². The van der Waals surface area contributed by atoms with Crippen molar-refractivity contribution in [2.75, 3.05) is 32.5 Å². The Kier molecular flexibility index (Phi) is 4.85. The van der Waals surface area contributed by atoms with Gasteiger partial charge in [-0.25, -0.2) is 4.39 Å². The van der Waals surface area contributed by atoms with Crippen LogP contribution in [0, 0.1) is 11.7 Å². The van der Waals surface area contributed by atoms with Gasteiger partial charge >= 0.3 is 0 Å². The average Bonchev–Trinajstić information content (AvgIpc) is 3.40. The van der Waals surface area contributed by atoms with E-state index in [0.29, 0.717) is 5.69 Å².